The Kier molecular flexibility index (Phi) is 6.65. The Labute approximate surface area is 187 Å². The first-order valence-corrected chi connectivity index (χ1v) is 10.7. The molecule has 1 unspecified atom stereocenters. The van der Waals surface area contributed by atoms with Crippen LogP contribution in [-0.4, -0.2) is 56.5 Å². The fourth-order valence-electron chi connectivity index (χ4n) is 4.07. The molecule has 4 rings (SSSR count). The number of benzene rings is 1. The van der Waals surface area contributed by atoms with Crippen molar-refractivity contribution >= 4 is 17.6 Å². The zero-order valence-corrected chi connectivity index (χ0v) is 18.3. The molecule has 1 fully saturated rings. The standard InChI is InChI=1S/C23H28N6O3/c1-17-9-15-28(26-17)16-21(30)27-13-10-19(11-14-27)29-20(8-12-24-29)25-23(31)22(32-2)18-6-4-3-5-7-18/h3-9,12,15,19,22H,10-11,13-14,16H2,1-2H3,(H,25,31). The summed E-state index contributed by atoms with van der Waals surface area (Å²) in [5, 5.41) is 11.7. The van der Waals surface area contributed by atoms with Crippen LogP contribution in [0.3, 0.4) is 0 Å². The third kappa shape index (κ3) is 4.88. The maximum absolute atomic E-state index is 12.9. The summed E-state index contributed by atoms with van der Waals surface area (Å²) in [4.78, 5) is 27.3. The number of rotatable bonds is 7. The number of ether oxygens (including phenoxy) is 1. The van der Waals surface area contributed by atoms with E-state index in [0.29, 0.717) is 18.9 Å². The number of hydrogen-bond acceptors (Lipinski definition) is 5. The van der Waals surface area contributed by atoms with Crippen LogP contribution in [0.25, 0.3) is 0 Å². The van der Waals surface area contributed by atoms with Gasteiger partial charge >= 0.3 is 0 Å². The smallest absolute Gasteiger partial charge is 0.259 e. The molecule has 9 nitrogen and oxygen atoms in total. The zero-order chi connectivity index (χ0) is 22.5. The molecular formula is C23H28N6O3. The molecule has 0 bridgehead atoms. The Morgan fingerprint density at radius 3 is 2.56 bits per heavy atom. The van der Waals surface area contributed by atoms with Gasteiger partial charge in [0.15, 0.2) is 6.10 Å². The molecule has 1 saturated heterocycles. The highest BCUT2D eigenvalue weighted by atomic mass is 16.5. The normalized spacial score (nSPS) is 15.5. The minimum atomic E-state index is -0.704. The number of carbonyl (C=O) groups is 2. The number of anilines is 1. The number of methoxy groups -OCH3 is 1. The molecule has 32 heavy (non-hydrogen) atoms. The highest BCUT2D eigenvalue weighted by Gasteiger charge is 2.27. The van der Waals surface area contributed by atoms with Crippen LogP contribution in [0.5, 0.6) is 0 Å². The molecule has 9 heteroatoms. The average molecular weight is 437 g/mol. The van der Waals surface area contributed by atoms with Gasteiger partial charge in [0.05, 0.1) is 17.9 Å². The van der Waals surface area contributed by atoms with Crippen LogP contribution >= 0.6 is 0 Å². The second-order valence-corrected chi connectivity index (χ2v) is 7.94. The largest absolute Gasteiger partial charge is 0.367 e. The molecule has 1 aromatic carbocycles. The van der Waals surface area contributed by atoms with E-state index in [9.17, 15) is 9.59 Å². The van der Waals surface area contributed by atoms with Gasteiger partial charge in [0.2, 0.25) is 5.91 Å². The topological polar surface area (TPSA) is 94.3 Å². The van der Waals surface area contributed by atoms with Crippen molar-refractivity contribution < 1.29 is 14.3 Å². The van der Waals surface area contributed by atoms with E-state index in [1.54, 1.807) is 16.9 Å². The van der Waals surface area contributed by atoms with Crippen molar-refractivity contribution in [3.05, 3.63) is 66.1 Å². The highest BCUT2D eigenvalue weighted by Crippen LogP contribution is 2.27. The summed E-state index contributed by atoms with van der Waals surface area (Å²) < 4.78 is 8.94. The van der Waals surface area contributed by atoms with Crippen LogP contribution < -0.4 is 5.32 Å². The van der Waals surface area contributed by atoms with Crippen molar-refractivity contribution in [2.45, 2.75) is 38.5 Å². The Balaban J connectivity index is 1.36. The van der Waals surface area contributed by atoms with E-state index >= 15 is 0 Å². The summed E-state index contributed by atoms with van der Waals surface area (Å²) in [7, 11) is 1.52. The minimum absolute atomic E-state index is 0.0614. The summed E-state index contributed by atoms with van der Waals surface area (Å²) in [6, 6.07) is 13.2. The lowest BCUT2D eigenvalue weighted by Crippen LogP contribution is -2.41. The van der Waals surface area contributed by atoms with E-state index in [4.69, 9.17) is 4.74 Å². The molecule has 0 radical (unpaired) electrons. The first-order valence-electron chi connectivity index (χ1n) is 10.7. The van der Waals surface area contributed by atoms with Gasteiger partial charge in [-0.15, -0.1) is 0 Å². The van der Waals surface area contributed by atoms with Crippen LogP contribution in [0, 0.1) is 6.92 Å². The monoisotopic (exact) mass is 436 g/mol. The number of likely N-dealkylation sites (tertiary alicyclic amines) is 1. The Bertz CT molecular complexity index is 1050. The molecule has 1 aliphatic rings. The highest BCUT2D eigenvalue weighted by molar-refractivity contribution is 5.94. The summed E-state index contributed by atoms with van der Waals surface area (Å²) in [5.74, 6) is 0.443. The minimum Gasteiger partial charge on any atom is -0.367 e. The van der Waals surface area contributed by atoms with Gasteiger partial charge < -0.3 is 15.0 Å². The molecule has 2 aromatic heterocycles. The van der Waals surface area contributed by atoms with Crippen LogP contribution in [0.1, 0.15) is 36.2 Å². The molecule has 3 heterocycles. The fourth-order valence-corrected chi connectivity index (χ4v) is 4.07. The summed E-state index contributed by atoms with van der Waals surface area (Å²) in [6.45, 7) is 3.44. The van der Waals surface area contributed by atoms with Gasteiger partial charge in [0.25, 0.3) is 5.91 Å². The molecule has 0 aliphatic carbocycles. The quantitative estimate of drug-likeness (QED) is 0.614. The summed E-state index contributed by atoms with van der Waals surface area (Å²) in [5.41, 5.74) is 1.69. The molecule has 168 valence electrons. The maximum Gasteiger partial charge on any atom is 0.259 e. The fraction of sp³-hybridized carbons (Fsp3) is 0.391. The van der Waals surface area contributed by atoms with Crippen LogP contribution in [0.4, 0.5) is 5.82 Å². The van der Waals surface area contributed by atoms with Crippen LogP contribution in [-0.2, 0) is 20.9 Å². The lowest BCUT2D eigenvalue weighted by molar-refractivity contribution is -0.133. The van der Waals surface area contributed by atoms with Crippen molar-refractivity contribution in [1.29, 1.82) is 0 Å². The Morgan fingerprint density at radius 2 is 1.91 bits per heavy atom. The van der Waals surface area contributed by atoms with E-state index in [1.165, 1.54) is 7.11 Å². The number of aryl methyl sites for hydroxylation is 1. The summed E-state index contributed by atoms with van der Waals surface area (Å²) >= 11 is 0. The van der Waals surface area contributed by atoms with Gasteiger partial charge in [-0.3, -0.25) is 14.3 Å². The second-order valence-electron chi connectivity index (χ2n) is 7.94. The van der Waals surface area contributed by atoms with Crippen molar-refractivity contribution in [3.63, 3.8) is 0 Å². The molecule has 1 atom stereocenters. The predicted molar refractivity (Wildman–Crippen MR) is 119 cm³/mol. The molecule has 0 spiro atoms. The lowest BCUT2D eigenvalue weighted by atomic mass is 10.1. The number of nitrogens with one attached hydrogen (secondary N) is 1. The van der Waals surface area contributed by atoms with Gasteiger partial charge in [0, 0.05) is 32.5 Å². The van der Waals surface area contributed by atoms with E-state index in [-0.39, 0.29) is 24.4 Å². The predicted octanol–water partition coefficient (Wildman–Crippen LogP) is 2.58. The maximum atomic E-state index is 12.9. The average Bonchev–Trinajstić information content (AvgIpc) is 3.43. The van der Waals surface area contributed by atoms with Crippen LogP contribution in [0.2, 0.25) is 0 Å². The van der Waals surface area contributed by atoms with E-state index in [2.05, 4.69) is 15.5 Å². The number of amides is 2. The van der Waals surface area contributed by atoms with Gasteiger partial charge in [-0.25, -0.2) is 4.68 Å². The van der Waals surface area contributed by atoms with E-state index in [1.807, 2.05) is 59.1 Å². The SMILES string of the molecule is COC(C(=O)Nc1ccnn1C1CCN(C(=O)Cn2ccc(C)n2)CC1)c1ccccc1. The van der Waals surface area contributed by atoms with Crippen molar-refractivity contribution in [2.75, 3.05) is 25.5 Å². The first-order chi connectivity index (χ1) is 15.5. The van der Waals surface area contributed by atoms with Gasteiger partial charge in [-0.05, 0) is 31.4 Å². The Morgan fingerprint density at radius 1 is 1.16 bits per heavy atom. The van der Waals surface area contributed by atoms with Crippen molar-refractivity contribution in [3.8, 4) is 0 Å². The van der Waals surface area contributed by atoms with Gasteiger partial charge in [-0.1, -0.05) is 30.3 Å². The Hall–Kier alpha value is -3.46. The third-order valence-corrected chi connectivity index (χ3v) is 5.73. The summed E-state index contributed by atoms with van der Waals surface area (Å²) in [6.07, 6.45) is 4.32. The van der Waals surface area contributed by atoms with E-state index < -0.39 is 6.10 Å². The third-order valence-electron chi connectivity index (χ3n) is 5.73. The number of nitrogens with zero attached hydrogens (tertiary/aromatic N) is 5. The van der Waals surface area contributed by atoms with Gasteiger partial charge in [-0.2, -0.15) is 10.2 Å². The zero-order valence-electron chi connectivity index (χ0n) is 18.3. The second kappa shape index (κ2) is 9.78. The van der Waals surface area contributed by atoms with Crippen LogP contribution in [0.15, 0.2) is 54.9 Å². The molecule has 2 amide bonds. The number of aromatic nitrogens is 4. The molecule has 1 N–H and O–H groups in total. The van der Waals surface area contributed by atoms with E-state index in [0.717, 1.165) is 24.1 Å². The van der Waals surface area contributed by atoms with Crippen molar-refractivity contribution in [1.82, 2.24) is 24.5 Å². The number of hydrogen-bond donors (Lipinski definition) is 1. The number of carbonyl (C=O) groups excluding carboxylic acids is 2. The molecule has 0 saturated carbocycles. The first kappa shape index (κ1) is 21.8. The van der Waals surface area contributed by atoms with Crippen molar-refractivity contribution in [2.24, 2.45) is 0 Å². The molecule has 1 aliphatic heterocycles. The molecule has 3 aromatic rings. The lowest BCUT2D eigenvalue weighted by Gasteiger charge is -2.32. The molecular weight excluding hydrogens is 408 g/mol. The van der Waals surface area contributed by atoms with Gasteiger partial charge in [0.1, 0.15) is 12.4 Å². The number of piperidine rings is 1.